The maximum Gasteiger partial charge on any atom is 0.264 e. The zero-order valence-electron chi connectivity index (χ0n) is 14.6. The smallest absolute Gasteiger partial charge is 0.264 e. The molecule has 0 saturated carbocycles. The number of hydrogen-bond acceptors (Lipinski definition) is 4. The molecule has 1 aliphatic rings. The zero-order chi connectivity index (χ0) is 17.8. The summed E-state index contributed by atoms with van der Waals surface area (Å²) in [5.41, 5.74) is 0. The normalized spacial score (nSPS) is 15.3. The van der Waals surface area contributed by atoms with Crippen LogP contribution in [0.3, 0.4) is 0 Å². The van der Waals surface area contributed by atoms with Gasteiger partial charge >= 0.3 is 0 Å². The Morgan fingerprint density at radius 1 is 0.962 bits per heavy atom. The Labute approximate surface area is 157 Å². The molecule has 1 aromatic heterocycles. The van der Waals surface area contributed by atoms with Gasteiger partial charge in [0.1, 0.15) is 12.4 Å². The standard InChI is InChI=1S/C21H22N2O2S/c24-21(20-16-17-6-4-5-9-19(17)26-20)23-12-10-22(11-13-23)14-15-25-18-7-2-1-3-8-18/h1-9,16H,10-15H2. The monoisotopic (exact) mass is 366 g/mol. The number of thiophene rings is 1. The van der Waals surface area contributed by atoms with Gasteiger partial charge in [-0.25, -0.2) is 0 Å². The van der Waals surface area contributed by atoms with Crippen LogP contribution in [0.4, 0.5) is 0 Å². The van der Waals surface area contributed by atoms with Crippen LogP contribution in [-0.2, 0) is 0 Å². The van der Waals surface area contributed by atoms with Crippen LogP contribution >= 0.6 is 11.3 Å². The number of rotatable bonds is 5. The third kappa shape index (κ3) is 3.89. The molecule has 2 heterocycles. The Hall–Kier alpha value is -2.37. The highest BCUT2D eigenvalue weighted by atomic mass is 32.1. The highest BCUT2D eigenvalue weighted by Gasteiger charge is 2.23. The molecule has 0 bridgehead atoms. The van der Waals surface area contributed by atoms with Crippen molar-refractivity contribution in [3.8, 4) is 5.75 Å². The quantitative estimate of drug-likeness (QED) is 0.690. The summed E-state index contributed by atoms with van der Waals surface area (Å²) in [6.07, 6.45) is 0. The fourth-order valence-corrected chi connectivity index (χ4v) is 4.26. The predicted molar refractivity (Wildman–Crippen MR) is 106 cm³/mol. The van der Waals surface area contributed by atoms with Crippen LogP contribution in [0.2, 0.25) is 0 Å². The lowest BCUT2D eigenvalue weighted by Crippen LogP contribution is -2.49. The van der Waals surface area contributed by atoms with E-state index in [1.807, 2.05) is 53.4 Å². The molecule has 0 atom stereocenters. The number of para-hydroxylation sites is 1. The number of carbonyl (C=O) groups excluding carboxylic acids is 1. The average molecular weight is 366 g/mol. The van der Waals surface area contributed by atoms with Crippen LogP contribution in [-0.4, -0.2) is 55.0 Å². The molecule has 0 spiro atoms. The lowest BCUT2D eigenvalue weighted by Gasteiger charge is -2.34. The Balaban J connectivity index is 1.27. The van der Waals surface area contributed by atoms with Gasteiger partial charge in [0.15, 0.2) is 0 Å². The van der Waals surface area contributed by atoms with E-state index in [0.29, 0.717) is 6.61 Å². The molecule has 3 aromatic rings. The predicted octanol–water partition coefficient (Wildman–Crippen LogP) is 3.74. The van der Waals surface area contributed by atoms with Crippen molar-refractivity contribution in [2.24, 2.45) is 0 Å². The first kappa shape index (κ1) is 17.1. The van der Waals surface area contributed by atoms with Crippen LogP contribution in [0.5, 0.6) is 5.75 Å². The molecule has 2 aromatic carbocycles. The van der Waals surface area contributed by atoms with Gasteiger partial charge in [0.05, 0.1) is 4.88 Å². The van der Waals surface area contributed by atoms with Gasteiger partial charge in [-0.1, -0.05) is 36.4 Å². The molecule has 1 saturated heterocycles. The number of fused-ring (bicyclic) bond motifs is 1. The SMILES string of the molecule is O=C(c1cc2ccccc2s1)N1CCN(CCOc2ccccc2)CC1. The van der Waals surface area contributed by atoms with E-state index in [4.69, 9.17) is 4.74 Å². The van der Waals surface area contributed by atoms with Crippen molar-refractivity contribution in [2.75, 3.05) is 39.3 Å². The number of piperazine rings is 1. The van der Waals surface area contributed by atoms with E-state index in [2.05, 4.69) is 17.0 Å². The molecule has 4 rings (SSSR count). The number of benzene rings is 2. The average Bonchev–Trinajstić information content (AvgIpc) is 3.13. The van der Waals surface area contributed by atoms with Gasteiger partial charge in [-0.2, -0.15) is 0 Å². The molecule has 1 amide bonds. The molecular weight excluding hydrogens is 344 g/mol. The summed E-state index contributed by atoms with van der Waals surface area (Å²) in [6.45, 7) is 4.91. The summed E-state index contributed by atoms with van der Waals surface area (Å²) < 4.78 is 6.94. The summed E-state index contributed by atoms with van der Waals surface area (Å²) in [5.74, 6) is 1.07. The van der Waals surface area contributed by atoms with E-state index in [1.165, 1.54) is 4.70 Å². The molecule has 1 aliphatic heterocycles. The molecule has 0 N–H and O–H groups in total. The molecule has 4 nitrogen and oxygen atoms in total. The van der Waals surface area contributed by atoms with E-state index in [-0.39, 0.29) is 5.91 Å². The van der Waals surface area contributed by atoms with Gasteiger partial charge < -0.3 is 9.64 Å². The number of ether oxygens (including phenoxy) is 1. The van der Waals surface area contributed by atoms with Crippen molar-refractivity contribution in [1.82, 2.24) is 9.80 Å². The number of hydrogen-bond donors (Lipinski definition) is 0. The van der Waals surface area contributed by atoms with E-state index in [1.54, 1.807) is 11.3 Å². The van der Waals surface area contributed by atoms with Crippen LogP contribution in [0.15, 0.2) is 60.7 Å². The first-order valence-corrected chi connectivity index (χ1v) is 9.79. The van der Waals surface area contributed by atoms with E-state index < -0.39 is 0 Å². The molecule has 5 heteroatoms. The second kappa shape index (κ2) is 7.89. The van der Waals surface area contributed by atoms with Crippen molar-refractivity contribution in [1.29, 1.82) is 0 Å². The Morgan fingerprint density at radius 2 is 1.69 bits per heavy atom. The van der Waals surface area contributed by atoms with Crippen LogP contribution in [0.25, 0.3) is 10.1 Å². The maximum absolute atomic E-state index is 12.8. The molecule has 26 heavy (non-hydrogen) atoms. The van der Waals surface area contributed by atoms with Crippen molar-refractivity contribution in [2.45, 2.75) is 0 Å². The number of nitrogens with zero attached hydrogens (tertiary/aromatic N) is 2. The highest BCUT2D eigenvalue weighted by Crippen LogP contribution is 2.26. The molecule has 0 radical (unpaired) electrons. The Bertz CT molecular complexity index is 837. The molecule has 0 unspecified atom stereocenters. The fourth-order valence-electron chi connectivity index (χ4n) is 3.23. The lowest BCUT2D eigenvalue weighted by molar-refractivity contribution is 0.0625. The first-order chi connectivity index (χ1) is 12.8. The molecular formula is C21H22N2O2S. The van der Waals surface area contributed by atoms with Crippen LogP contribution < -0.4 is 4.74 Å². The Morgan fingerprint density at radius 3 is 2.46 bits per heavy atom. The summed E-state index contributed by atoms with van der Waals surface area (Å²) >= 11 is 1.59. The highest BCUT2D eigenvalue weighted by molar-refractivity contribution is 7.20. The van der Waals surface area contributed by atoms with Gasteiger partial charge in [0, 0.05) is 37.4 Å². The molecule has 0 aliphatic carbocycles. The largest absolute Gasteiger partial charge is 0.492 e. The minimum Gasteiger partial charge on any atom is -0.492 e. The van der Waals surface area contributed by atoms with Crippen molar-refractivity contribution in [3.05, 3.63) is 65.5 Å². The van der Waals surface area contributed by atoms with Crippen molar-refractivity contribution < 1.29 is 9.53 Å². The minimum atomic E-state index is 0.159. The van der Waals surface area contributed by atoms with Gasteiger partial charge in [-0.3, -0.25) is 9.69 Å². The molecule has 134 valence electrons. The Kier molecular flexibility index (Phi) is 5.18. The minimum absolute atomic E-state index is 0.159. The van der Waals surface area contributed by atoms with Gasteiger partial charge in [0.25, 0.3) is 5.91 Å². The summed E-state index contributed by atoms with van der Waals surface area (Å²) in [4.78, 5) is 17.9. The number of carbonyl (C=O) groups is 1. The zero-order valence-corrected chi connectivity index (χ0v) is 15.5. The number of amides is 1. The topological polar surface area (TPSA) is 32.8 Å². The van der Waals surface area contributed by atoms with Crippen LogP contribution in [0.1, 0.15) is 9.67 Å². The summed E-state index contributed by atoms with van der Waals surface area (Å²) in [7, 11) is 0. The van der Waals surface area contributed by atoms with E-state index in [0.717, 1.165) is 48.7 Å². The third-order valence-electron chi connectivity index (χ3n) is 4.72. The summed E-state index contributed by atoms with van der Waals surface area (Å²) in [5, 5.41) is 1.15. The first-order valence-electron chi connectivity index (χ1n) is 8.98. The van der Waals surface area contributed by atoms with Crippen molar-refractivity contribution >= 4 is 27.3 Å². The van der Waals surface area contributed by atoms with Gasteiger partial charge in [-0.15, -0.1) is 11.3 Å². The summed E-state index contributed by atoms with van der Waals surface area (Å²) in [6, 6.07) is 20.1. The van der Waals surface area contributed by atoms with Crippen LogP contribution in [0, 0.1) is 0 Å². The second-order valence-electron chi connectivity index (χ2n) is 6.44. The fraction of sp³-hybridized carbons (Fsp3) is 0.286. The van der Waals surface area contributed by atoms with E-state index >= 15 is 0 Å². The van der Waals surface area contributed by atoms with Crippen molar-refractivity contribution in [3.63, 3.8) is 0 Å². The van der Waals surface area contributed by atoms with Gasteiger partial charge in [0.2, 0.25) is 0 Å². The van der Waals surface area contributed by atoms with E-state index in [9.17, 15) is 4.79 Å². The second-order valence-corrected chi connectivity index (χ2v) is 7.53. The molecule has 1 fully saturated rings. The van der Waals surface area contributed by atoms with Gasteiger partial charge in [-0.05, 0) is 29.7 Å². The third-order valence-corrected chi connectivity index (χ3v) is 5.82. The lowest BCUT2D eigenvalue weighted by atomic mass is 10.2. The maximum atomic E-state index is 12.8.